The van der Waals surface area contributed by atoms with E-state index in [0.717, 1.165) is 13.8 Å². The van der Waals surface area contributed by atoms with Gasteiger partial charge in [0.1, 0.15) is 0 Å². The van der Waals surface area contributed by atoms with Crippen molar-refractivity contribution < 1.29 is 36.9 Å². The first-order chi connectivity index (χ1) is 3.46. The second-order valence-electron chi connectivity index (χ2n) is 0.983. The minimum atomic E-state index is -1.08. The Balaban J connectivity index is -0.0000000171. The third kappa shape index (κ3) is 1330. The topological polar surface area (TPSA) is 150 Å². The first-order valence-electron chi connectivity index (χ1n) is 1.82. The van der Waals surface area contributed by atoms with E-state index in [9.17, 15) is 0 Å². The number of carboxylic acid groups (broad SMARTS) is 2. The smallest absolute Gasteiger partial charge is 0.550 e. The summed E-state index contributed by atoms with van der Waals surface area (Å²) in [5.41, 5.74) is 0. The molecule has 73 valence electrons. The quantitative estimate of drug-likeness (QED) is 0.439. The van der Waals surface area contributed by atoms with Crippen LogP contribution in [0.25, 0.3) is 0 Å². The number of aliphatic carboxylic acids is 2. The molecule has 0 saturated carbocycles. The third-order valence-corrected chi connectivity index (χ3v) is 0. The van der Waals surface area contributed by atoms with Gasteiger partial charge in [0, 0.05) is 11.9 Å². The van der Waals surface area contributed by atoms with Gasteiger partial charge in [-0.25, -0.2) is 0 Å². The number of carbonyl (C=O) groups is 2. The van der Waals surface area contributed by atoms with E-state index >= 15 is 0 Å². The normalized spacial score (nSPS) is 4.55. The number of carbonyl (C=O) groups excluding carboxylic acids is 2. The Labute approximate surface area is 75.6 Å². The molecule has 0 aliphatic carbocycles. The average molecular weight is 216 g/mol. The van der Waals surface area contributed by atoms with E-state index in [1.165, 1.54) is 0 Å². The molecular formula is C4H12CuN2O4. The Kier molecular flexibility index (Phi) is 65.3. The van der Waals surface area contributed by atoms with Crippen molar-refractivity contribution in [1.29, 1.82) is 0 Å². The predicted molar refractivity (Wildman–Crippen MR) is 31.4 cm³/mol. The Morgan fingerprint density at radius 1 is 0.909 bits per heavy atom. The van der Waals surface area contributed by atoms with E-state index in [0.29, 0.717) is 0 Å². The number of hydrogen-bond donors (Lipinski definition) is 2. The summed E-state index contributed by atoms with van der Waals surface area (Å²) >= 11 is 0. The van der Waals surface area contributed by atoms with Crippen molar-refractivity contribution >= 4 is 11.9 Å². The summed E-state index contributed by atoms with van der Waals surface area (Å²) in [6, 6.07) is 0. The van der Waals surface area contributed by atoms with Gasteiger partial charge >= 0.3 is 17.1 Å². The van der Waals surface area contributed by atoms with Gasteiger partial charge in [-0.15, -0.1) is 0 Å². The first-order valence-corrected chi connectivity index (χ1v) is 1.82. The van der Waals surface area contributed by atoms with Crippen LogP contribution in [-0.4, -0.2) is 11.9 Å². The molecule has 0 aromatic heterocycles. The summed E-state index contributed by atoms with van der Waals surface area (Å²) in [5.74, 6) is -2.17. The van der Waals surface area contributed by atoms with E-state index in [4.69, 9.17) is 19.8 Å². The predicted octanol–water partition coefficient (Wildman–Crippen LogP) is -2.17. The molecule has 0 aromatic rings. The zero-order valence-corrected chi connectivity index (χ0v) is 7.29. The molecule has 0 amide bonds. The van der Waals surface area contributed by atoms with Gasteiger partial charge in [0.05, 0.1) is 0 Å². The van der Waals surface area contributed by atoms with Crippen LogP contribution in [0.3, 0.4) is 0 Å². The van der Waals surface area contributed by atoms with E-state index in [2.05, 4.69) is 0 Å². The van der Waals surface area contributed by atoms with Crippen molar-refractivity contribution in [2.75, 3.05) is 0 Å². The average Bonchev–Trinajstić information content (AvgIpc) is 1.25. The maximum absolute atomic E-state index is 8.89. The van der Waals surface area contributed by atoms with E-state index in [-0.39, 0.29) is 29.4 Å². The van der Waals surface area contributed by atoms with Crippen LogP contribution in [-0.2, 0) is 26.7 Å². The van der Waals surface area contributed by atoms with Crippen LogP contribution in [0.5, 0.6) is 0 Å². The second-order valence-corrected chi connectivity index (χ2v) is 0.983. The molecule has 6 N–H and O–H groups in total. The molecule has 6 nitrogen and oxygen atoms in total. The van der Waals surface area contributed by atoms with Gasteiger partial charge in [-0.1, -0.05) is 0 Å². The molecule has 11 heavy (non-hydrogen) atoms. The second kappa shape index (κ2) is 22.8. The van der Waals surface area contributed by atoms with E-state index < -0.39 is 11.9 Å². The van der Waals surface area contributed by atoms with Crippen molar-refractivity contribution in [2.24, 2.45) is 0 Å². The summed E-state index contributed by atoms with van der Waals surface area (Å²) in [6.45, 7) is 1.94. The molecule has 1 radical (unpaired) electrons. The Hall–Kier alpha value is -0.621. The molecule has 7 heteroatoms. The molecule has 0 aliphatic heterocycles. The maximum atomic E-state index is 8.89. The SMILES string of the molecule is CC(=O)[O-].CC(=O)[O-].N.N.[Cu+2]. The van der Waals surface area contributed by atoms with Crippen molar-refractivity contribution in [3.8, 4) is 0 Å². The molecule has 0 heterocycles. The van der Waals surface area contributed by atoms with Crippen LogP contribution in [0.4, 0.5) is 0 Å². The Bertz CT molecular complexity index is 78.1. The first kappa shape index (κ1) is 31.6. The fourth-order valence-electron chi connectivity index (χ4n) is 0. The molecule has 0 bridgehead atoms. The van der Waals surface area contributed by atoms with Gasteiger partial charge < -0.3 is 32.1 Å². The zero-order valence-electron chi connectivity index (χ0n) is 6.35. The minimum Gasteiger partial charge on any atom is -0.550 e. The summed E-state index contributed by atoms with van der Waals surface area (Å²) in [5, 5.41) is 17.8. The molecular weight excluding hydrogens is 204 g/mol. The third-order valence-electron chi connectivity index (χ3n) is 0. The number of hydrogen-bond acceptors (Lipinski definition) is 6. The molecule has 0 rings (SSSR count). The molecule has 0 spiro atoms. The zero-order chi connectivity index (χ0) is 7.15. The van der Waals surface area contributed by atoms with Crippen molar-refractivity contribution in [2.45, 2.75) is 13.8 Å². The van der Waals surface area contributed by atoms with Crippen molar-refractivity contribution in [3.05, 3.63) is 0 Å². The van der Waals surface area contributed by atoms with Crippen LogP contribution in [0, 0.1) is 0 Å². The summed E-state index contributed by atoms with van der Waals surface area (Å²) in [7, 11) is 0. The van der Waals surface area contributed by atoms with Crippen molar-refractivity contribution in [3.63, 3.8) is 0 Å². The van der Waals surface area contributed by atoms with Gasteiger partial charge in [-0.2, -0.15) is 0 Å². The molecule has 0 atom stereocenters. The summed E-state index contributed by atoms with van der Waals surface area (Å²) < 4.78 is 0. The molecule has 0 saturated heterocycles. The van der Waals surface area contributed by atoms with Crippen LogP contribution >= 0.6 is 0 Å². The monoisotopic (exact) mass is 215 g/mol. The minimum absolute atomic E-state index is 0. The number of rotatable bonds is 0. The van der Waals surface area contributed by atoms with Crippen molar-refractivity contribution in [1.82, 2.24) is 12.3 Å². The summed E-state index contributed by atoms with van der Waals surface area (Å²) in [4.78, 5) is 17.8. The van der Waals surface area contributed by atoms with Gasteiger partial charge in [0.25, 0.3) is 0 Å². The fraction of sp³-hybridized carbons (Fsp3) is 0.500. The Morgan fingerprint density at radius 2 is 0.909 bits per heavy atom. The molecule has 0 fully saturated rings. The van der Waals surface area contributed by atoms with Gasteiger partial charge in [-0.05, 0) is 13.8 Å². The van der Waals surface area contributed by atoms with Crippen LogP contribution in [0.1, 0.15) is 13.8 Å². The van der Waals surface area contributed by atoms with E-state index in [1.807, 2.05) is 0 Å². The van der Waals surface area contributed by atoms with Crippen LogP contribution < -0.4 is 22.5 Å². The summed E-state index contributed by atoms with van der Waals surface area (Å²) in [6.07, 6.45) is 0. The maximum Gasteiger partial charge on any atom is 2.00 e. The van der Waals surface area contributed by atoms with Gasteiger partial charge in [0.2, 0.25) is 0 Å². The van der Waals surface area contributed by atoms with E-state index in [1.54, 1.807) is 0 Å². The fourth-order valence-corrected chi connectivity index (χ4v) is 0. The molecule has 0 aliphatic rings. The van der Waals surface area contributed by atoms with Gasteiger partial charge in [-0.3, -0.25) is 0 Å². The van der Waals surface area contributed by atoms with Crippen LogP contribution in [0.2, 0.25) is 0 Å². The largest absolute Gasteiger partial charge is 2.00 e. The molecule has 0 unspecified atom stereocenters. The Morgan fingerprint density at radius 3 is 0.909 bits per heavy atom. The number of carboxylic acids is 2. The molecule has 0 aromatic carbocycles. The van der Waals surface area contributed by atoms with Crippen LogP contribution in [0.15, 0.2) is 0 Å². The van der Waals surface area contributed by atoms with Gasteiger partial charge in [0.15, 0.2) is 0 Å². The standard InChI is InChI=1S/2C2H4O2.Cu.2H3N/c2*1-2(3)4;;;/h2*1H3,(H,3,4);;2*1H3/q;;+2;;/p-2.